The Morgan fingerprint density at radius 3 is 2.65 bits per heavy atom. The normalized spacial score (nSPS) is 27.8. The minimum Gasteiger partial charge on any atom is -0.463 e. The number of hydrogen-bond donors (Lipinski definition) is 0. The van der Waals surface area contributed by atoms with Gasteiger partial charge >= 0.3 is 11.9 Å². The molecule has 3 aliphatic heterocycles. The highest BCUT2D eigenvalue weighted by Crippen LogP contribution is 2.46. The van der Waals surface area contributed by atoms with Crippen molar-refractivity contribution in [3.05, 3.63) is 27.2 Å². The van der Waals surface area contributed by atoms with Crippen LogP contribution in [-0.2, 0) is 33.3 Å². The van der Waals surface area contributed by atoms with Crippen LogP contribution < -0.4 is 4.90 Å². The largest absolute Gasteiger partial charge is 0.463 e. The topological polar surface area (TPSA) is 169 Å². The number of ether oxygens (including phenoxy) is 5. The summed E-state index contributed by atoms with van der Waals surface area (Å²) >= 11 is 7.54. The molecule has 0 aliphatic carbocycles. The maximum Gasteiger partial charge on any atom is 0.303 e. The third kappa shape index (κ3) is 5.72. The highest BCUT2D eigenvalue weighted by molar-refractivity contribution is 8.00. The molecule has 15 heteroatoms. The maximum atomic E-state index is 11.8. The number of thioether (sulfide) groups is 1. The summed E-state index contributed by atoms with van der Waals surface area (Å²) in [6.07, 6.45) is -2.87. The van der Waals surface area contributed by atoms with Crippen molar-refractivity contribution >= 4 is 41.1 Å². The molecule has 0 radical (unpaired) electrons. The molecule has 198 valence electrons. The van der Waals surface area contributed by atoms with Crippen LogP contribution in [0.15, 0.2) is 16.1 Å². The van der Waals surface area contributed by atoms with E-state index < -0.39 is 41.7 Å². The van der Waals surface area contributed by atoms with Crippen LogP contribution in [0.25, 0.3) is 10.4 Å². The van der Waals surface area contributed by atoms with Gasteiger partial charge in [-0.15, -0.1) is 0 Å². The first kappa shape index (κ1) is 27.3. The van der Waals surface area contributed by atoms with Crippen molar-refractivity contribution < 1.29 is 33.3 Å². The van der Waals surface area contributed by atoms with Gasteiger partial charge in [0.25, 0.3) is 0 Å². The number of pyridine rings is 1. The molecule has 0 aromatic carbocycles. The van der Waals surface area contributed by atoms with Crippen LogP contribution in [0.2, 0.25) is 5.02 Å². The average molecular weight is 553 g/mol. The van der Waals surface area contributed by atoms with E-state index in [9.17, 15) is 20.4 Å². The zero-order chi connectivity index (χ0) is 26.7. The van der Waals surface area contributed by atoms with Crippen LogP contribution >= 0.6 is 23.4 Å². The molecule has 0 saturated carbocycles. The number of nitrogens with zero attached hydrogens (tertiary/aromatic N) is 6. The maximum absolute atomic E-state index is 11.8. The minimum absolute atomic E-state index is 0.0887. The molecule has 1 aromatic heterocycles. The number of carbonyl (C=O) groups excluding carboxylic acids is 2. The molecule has 0 amide bonds. The van der Waals surface area contributed by atoms with Crippen molar-refractivity contribution in [3.8, 4) is 6.07 Å². The molecule has 3 unspecified atom stereocenters. The van der Waals surface area contributed by atoms with Crippen molar-refractivity contribution in [2.75, 3.05) is 44.9 Å². The number of rotatable bonds is 8. The summed E-state index contributed by atoms with van der Waals surface area (Å²) in [5, 5.41) is 13.5. The number of aromatic nitrogens is 1. The van der Waals surface area contributed by atoms with Crippen LogP contribution in [0.5, 0.6) is 0 Å². The van der Waals surface area contributed by atoms with Gasteiger partial charge in [0.1, 0.15) is 48.3 Å². The SMILES string of the molecule is CO[C@@H]1C(Sc2cc(Cl)c(C#N)nc2N2CC3(COC3)C2)OC(COC(C)=O)[C@H](OC(C)=O)C1N=[N+]=[N-]. The molecule has 0 N–H and O–H groups in total. The summed E-state index contributed by atoms with van der Waals surface area (Å²) in [6, 6.07) is 2.65. The zero-order valence-electron chi connectivity index (χ0n) is 20.3. The molecule has 3 saturated heterocycles. The summed E-state index contributed by atoms with van der Waals surface area (Å²) < 4.78 is 27.8. The molecule has 3 aliphatic rings. The number of azide groups is 1. The third-order valence-electron chi connectivity index (χ3n) is 6.27. The van der Waals surface area contributed by atoms with E-state index in [4.69, 9.17) is 35.3 Å². The highest BCUT2D eigenvalue weighted by Gasteiger charge is 2.51. The number of hydrogen-bond acceptors (Lipinski definition) is 12. The Balaban J connectivity index is 1.66. The standard InChI is InChI=1S/C22H25ClN6O7S/c1-11(30)34-6-15-18(35-12(2)31)17(27-28-25)19(32-3)21(36-15)37-16-4-13(23)14(5-24)26-20(16)29-7-22(8-29)9-33-10-22/h4,15,17-19,21H,6-10H2,1-3H3/t15?,17?,18-,19-,21?/m0/s1. The van der Waals surface area contributed by atoms with Crippen LogP contribution in [0, 0.1) is 16.7 Å². The Hall–Kier alpha value is -2.79. The molecule has 0 bridgehead atoms. The van der Waals surface area contributed by atoms with E-state index in [0.29, 0.717) is 37.0 Å². The smallest absolute Gasteiger partial charge is 0.303 e. The van der Waals surface area contributed by atoms with E-state index in [-0.39, 0.29) is 22.7 Å². The summed E-state index contributed by atoms with van der Waals surface area (Å²) in [5.41, 5.74) is 8.62. The van der Waals surface area contributed by atoms with E-state index in [0.717, 1.165) is 0 Å². The fraction of sp³-hybridized carbons (Fsp3) is 0.636. The van der Waals surface area contributed by atoms with Crippen LogP contribution in [-0.4, -0.2) is 86.7 Å². The second kappa shape index (κ2) is 11.3. The Morgan fingerprint density at radius 2 is 2.11 bits per heavy atom. The van der Waals surface area contributed by atoms with Crippen molar-refractivity contribution in [1.29, 1.82) is 5.26 Å². The molecule has 3 fully saturated rings. The lowest BCUT2D eigenvalue weighted by Gasteiger charge is -2.55. The van der Waals surface area contributed by atoms with Crippen LogP contribution in [0.3, 0.4) is 0 Å². The second-order valence-corrected chi connectivity index (χ2v) is 10.6. The van der Waals surface area contributed by atoms with Gasteiger partial charge in [-0.3, -0.25) is 9.59 Å². The predicted octanol–water partition coefficient (Wildman–Crippen LogP) is 2.45. The van der Waals surface area contributed by atoms with Gasteiger partial charge in [-0.25, -0.2) is 4.98 Å². The van der Waals surface area contributed by atoms with E-state index in [1.165, 1.54) is 32.7 Å². The van der Waals surface area contributed by atoms with E-state index >= 15 is 0 Å². The molecule has 4 heterocycles. The first-order valence-electron chi connectivity index (χ1n) is 11.3. The van der Waals surface area contributed by atoms with Gasteiger partial charge in [-0.2, -0.15) is 5.26 Å². The molecule has 1 aromatic rings. The first-order chi connectivity index (χ1) is 17.7. The average Bonchev–Trinajstić information content (AvgIpc) is 2.78. The molecule has 4 rings (SSSR count). The fourth-order valence-corrected chi connectivity index (χ4v) is 6.15. The number of nitriles is 1. The van der Waals surface area contributed by atoms with E-state index in [1.807, 2.05) is 11.0 Å². The molecular formula is C22H25ClN6O7S. The van der Waals surface area contributed by atoms with Gasteiger partial charge in [-0.05, 0) is 11.6 Å². The third-order valence-corrected chi connectivity index (χ3v) is 7.72. The predicted molar refractivity (Wildman–Crippen MR) is 130 cm³/mol. The number of carbonyl (C=O) groups is 2. The number of methoxy groups -OCH3 is 1. The zero-order valence-corrected chi connectivity index (χ0v) is 21.9. The monoisotopic (exact) mass is 552 g/mol. The van der Waals surface area contributed by atoms with Gasteiger partial charge in [0.15, 0.2) is 5.69 Å². The van der Waals surface area contributed by atoms with Crippen LogP contribution in [0.1, 0.15) is 19.5 Å². The number of anilines is 1. The lowest BCUT2D eigenvalue weighted by molar-refractivity contribution is -0.196. The molecule has 5 atom stereocenters. The van der Waals surface area contributed by atoms with Gasteiger partial charge in [0.05, 0.1) is 28.5 Å². The molecule has 37 heavy (non-hydrogen) atoms. The Bertz CT molecular complexity index is 1150. The van der Waals surface area contributed by atoms with Crippen molar-refractivity contribution in [2.45, 2.75) is 48.5 Å². The summed E-state index contributed by atoms with van der Waals surface area (Å²) in [4.78, 5) is 33.4. The summed E-state index contributed by atoms with van der Waals surface area (Å²) in [7, 11) is 1.42. The Morgan fingerprint density at radius 1 is 1.38 bits per heavy atom. The lowest BCUT2D eigenvalue weighted by atomic mass is 9.78. The summed E-state index contributed by atoms with van der Waals surface area (Å²) in [6.45, 7) is 4.97. The highest BCUT2D eigenvalue weighted by atomic mass is 35.5. The molecule has 13 nitrogen and oxygen atoms in total. The molecule has 1 spiro atoms. The van der Waals surface area contributed by atoms with Crippen molar-refractivity contribution in [1.82, 2.24) is 4.98 Å². The van der Waals surface area contributed by atoms with Gasteiger partial charge in [0, 0.05) is 39.0 Å². The summed E-state index contributed by atoms with van der Waals surface area (Å²) in [5.74, 6) is -0.626. The fourth-order valence-electron chi connectivity index (χ4n) is 4.57. The second-order valence-electron chi connectivity index (χ2n) is 9.03. The van der Waals surface area contributed by atoms with Gasteiger partial charge < -0.3 is 28.6 Å². The van der Waals surface area contributed by atoms with Crippen LogP contribution in [0.4, 0.5) is 5.82 Å². The molecular weight excluding hydrogens is 528 g/mol. The van der Waals surface area contributed by atoms with Crippen molar-refractivity contribution in [2.24, 2.45) is 10.5 Å². The lowest BCUT2D eigenvalue weighted by Crippen LogP contribution is -2.66. The van der Waals surface area contributed by atoms with Gasteiger partial charge in [0.2, 0.25) is 0 Å². The number of halogens is 1. The Kier molecular flexibility index (Phi) is 8.33. The quantitative estimate of drug-likeness (QED) is 0.201. The Labute approximate surface area is 221 Å². The number of esters is 2. The minimum atomic E-state index is -1.06. The van der Waals surface area contributed by atoms with Gasteiger partial charge in [-0.1, -0.05) is 28.5 Å². The van der Waals surface area contributed by atoms with E-state index in [1.54, 1.807) is 6.07 Å². The first-order valence-corrected chi connectivity index (χ1v) is 12.6. The van der Waals surface area contributed by atoms with Crippen molar-refractivity contribution in [3.63, 3.8) is 0 Å². The van der Waals surface area contributed by atoms with E-state index in [2.05, 4.69) is 15.0 Å².